The molecule has 16 heavy (non-hydrogen) atoms. The lowest BCUT2D eigenvalue weighted by atomic mass is 10.1. The Hall–Kier alpha value is -1.36. The van der Waals surface area contributed by atoms with Gasteiger partial charge in [-0.05, 0) is 18.9 Å². The van der Waals surface area contributed by atoms with Crippen LogP contribution in [0, 0.1) is 6.92 Å². The van der Waals surface area contributed by atoms with E-state index >= 15 is 0 Å². The predicted molar refractivity (Wildman–Crippen MR) is 58.9 cm³/mol. The normalized spacial score (nSPS) is 19.7. The third-order valence-corrected chi connectivity index (χ3v) is 2.49. The van der Waals surface area contributed by atoms with Crippen LogP contribution < -0.4 is 5.32 Å². The van der Waals surface area contributed by atoms with Gasteiger partial charge in [-0.3, -0.25) is 0 Å². The van der Waals surface area contributed by atoms with Gasteiger partial charge in [0.2, 0.25) is 5.89 Å². The van der Waals surface area contributed by atoms with Crippen molar-refractivity contribution in [2.75, 3.05) is 13.1 Å². The van der Waals surface area contributed by atoms with Crippen LogP contribution in [-0.4, -0.2) is 29.3 Å². The van der Waals surface area contributed by atoms with E-state index in [1.807, 2.05) is 0 Å². The van der Waals surface area contributed by atoms with E-state index in [1.165, 1.54) is 0 Å². The van der Waals surface area contributed by atoms with Gasteiger partial charge in [0.1, 0.15) is 6.10 Å². The smallest absolute Gasteiger partial charge is 0.223 e. The van der Waals surface area contributed by atoms with E-state index in [0.717, 1.165) is 38.2 Å². The van der Waals surface area contributed by atoms with Crippen LogP contribution in [0.1, 0.15) is 24.6 Å². The van der Waals surface area contributed by atoms with Crippen LogP contribution >= 0.6 is 0 Å². The molecule has 1 aromatic heterocycles. The second-order valence-electron chi connectivity index (χ2n) is 3.89. The second-order valence-corrected chi connectivity index (χ2v) is 3.89. The standard InChI is InChI=1S/C11H17N3O2/c1-9-13-11(14-16-9)5-6-12-8-10-4-2-3-7-15-10/h3,7,10,12H,2,4-6,8H2,1H3. The quantitative estimate of drug-likeness (QED) is 0.760. The fourth-order valence-electron chi connectivity index (χ4n) is 1.64. The van der Waals surface area contributed by atoms with Gasteiger partial charge in [-0.1, -0.05) is 5.16 Å². The van der Waals surface area contributed by atoms with Gasteiger partial charge < -0.3 is 14.6 Å². The Kier molecular flexibility index (Phi) is 3.93. The Morgan fingerprint density at radius 2 is 2.50 bits per heavy atom. The molecule has 5 heteroatoms. The zero-order chi connectivity index (χ0) is 11.2. The molecule has 88 valence electrons. The van der Waals surface area contributed by atoms with Crippen LogP contribution in [0.2, 0.25) is 0 Å². The van der Waals surface area contributed by atoms with E-state index in [4.69, 9.17) is 9.26 Å². The van der Waals surface area contributed by atoms with Gasteiger partial charge in [0.25, 0.3) is 0 Å². The third-order valence-electron chi connectivity index (χ3n) is 2.49. The minimum absolute atomic E-state index is 0.303. The third kappa shape index (κ3) is 3.34. The van der Waals surface area contributed by atoms with Crippen molar-refractivity contribution in [1.29, 1.82) is 0 Å². The number of ether oxygens (including phenoxy) is 1. The number of rotatable bonds is 5. The summed E-state index contributed by atoms with van der Waals surface area (Å²) in [7, 11) is 0. The van der Waals surface area contributed by atoms with Gasteiger partial charge in [0.15, 0.2) is 5.82 Å². The molecule has 0 spiro atoms. The van der Waals surface area contributed by atoms with Gasteiger partial charge in [-0.25, -0.2) is 0 Å². The first-order valence-corrected chi connectivity index (χ1v) is 5.65. The fraction of sp³-hybridized carbons (Fsp3) is 0.636. The lowest BCUT2D eigenvalue weighted by Gasteiger charge is -2.19. The minimum Gasteiger partial charge on any atom is -0.497 e. The molecular weight excluding hydrogens is 206 g/mol. The Balaban J connectivity index is 1.59. The first-order valence-electron chi connectivity index (χ1n) is 5.65. The van der Waals surface area contributed by atoms with Crippen LogP contribution in [0.15, 0.2) is 16.9 Å². The van der Waals surface area contributed by atoms with Crippen LogP contribution in [0.5, 0.6) is 0 Å². The van der Waals surface area contributed by atoms with Crippen molar-refractivity contribution in [2.24, 2.45) is 0 Å². The maximum absolute atomic E-state index is 5.44. The van der Waals surface area contributed by atoms with E-state index in [-0.39, 0.29) is 0 Å². The summed E-state index contributed by atoms with van der Waals surface area (Å²) in [5.74, 6) is 1.38. The number of hydrogen-bond donors (Lipinski definition) is 1. The van der Waals surface area contributed by atoms with Crippen LogP contribution in [-0.2, 0) is 11.2 Å². The molecule has 2 heterocycles. The number of hydrogen-bond acceptors (Lipinski definition) is 5. The number of nitrogens with zero attached hydrogens (tertiary/aromatic N) is 2. The molecular formula is C11H17N3O2. The molecule has 1 unspecified atom stereocenters. The van der Waals surface area contributed by atoms with Crippen molar-refractivity contribution in [1.82, 2.24) is 15.5 Å². The number of allylic oxidation sites excluding steroid dienone is 1. The maximum atomic E-state index is 5.44. The van der Waals surface area contributed by atoms with Crippen molar-refractivity contribution < 1.29 is 9.26 Å². The summed E-state index contributed by atoms with van der Waals surface area (Å²) in [6.45, 7) is 3.52. The lowest BCUT2D eigenvalue weighted by Crippen LogP contribution is -2.30. The van der Waals surface area contributed by atoms with Gasteiger partial charge in [0.05, 0.1) is 6.26 Å². The van der Waals surface area contributed by atoms with Gasteiger partial charge in [-0.15, -0.1) is 0 Å². The highest BCUT2D eigenvalue weighted by Crippen LogP contribution is 2.08. The first-order chi connectivity index (χ1) is 7.84. The molecule has 1 aliphatic heterocycles. The number of nitrogens with one attached hydrogen (secondary N) is 1. The van der Waals surface area contributed by atoms with Crippen molar-refractivity contribution in [2.45, 2.75) is 32.3 Å². The summed E-state index contributed by atoms with van der Waals surface area (Å²) in [6.07, 6.45) is 7.13. The van der Waals surface area contributed by atoms with Crippen molar-refractivity contribution in [3.8, 4) is 0 Å². The van der Waals surface area contributed by atoms with E-state index in [9.17, 15) is 0 Å². The van der Waals surface area contributed by atoms with E-state index in [0.29, 0.717) is 12.0 Å². The average molecular weight is 223 g/mol. The Morgan fingerprint density at radius 1 is 1.56 bits per heavy atom. The largest absolute Gasteiger partial charge is 0.497 e. The van der Waals surface area contributed by atoms with Crippen LogP contribution in [0.25, 0.3) is 0 Å². The molecule has 1 atom stereocenters. The molecule has 0 saturated heterocycles. The molecule has 1 aliphatic rings. The molecule has 0 amide bonds. The molecule has 5 nitrogen and oxygen atoms in total. The van der Waals surface area contributed by atoms with Gasteiger partial charge in [-0.2, -0.15) is 4.98 Å². The van der Waals surface area contributed by atoms with Crippen molar-refractivity contribution >= 4 is 0 Å². The lowest BCUT2D eigenvalue weighted by molar-refractivity contribution is 0.122. The fourth-order valence-corrected chi connectivity index (χ4v) is 1.64. The highest BCUT2D eigenvalue weighted by atomic mass is 16.5. The van der Waals surface area contributed by atoms with E-state index in [2.05, 4.69) is 21.5 Å². The predicted octanol–water partition coefficient (Wildman–Crippen LogP) is 1.20. The minimum atomic E-state index is 0.303. The Labute approximate surface area is 94.9 Å². The highest BCUT2D eigenvalue weighted by Gasteiger charge is 2.10. The zero-order valence-electron chi connectivity index (χ0n) is 9.48. The summed E-state index contributed by atoms with van der Waals surface area (Å²) >= 11 is 0. The molecule has 0 fully saturated rings. The molecule has 0 aliphatic carbocycles. The zero-order valence-corrected chi connectivity index (χ0v) is 9.48. The molecule has 1 N–H and O–H groups in total. The highest BCUT2D eigenvalue weighted by molar-refractivity contribution is 4.86. The average Bonchev–Trinajstić information content (AvgIpc) is 2.72. The summed E-state index contributed by atoms with van der Waals surface area (Å²) in [4.78, 5) is 4.13. The topological polar surface area (TPSA) is 60.2 Å². The van der Waals surface area contributed by atoms with Crippen molar-refractivity contribution in [3.05, 3.63) is 24.1 Å². The molecule has 0 radical (unpaired) electrons. The molecule has 0 saturated carbocycles. The number of aryl methyl sites for hydroxylation is 1. The van der Waals surface area contributed by atoms with Crippen LogP contribution in [0.3, 0.4) is 0 Å². The van der Waals surface area contributed by atoms with Gasteiger partial charge >= 0.3 is 0 Å². The second kappa shape index (κ2) is 5.65. The first kappa shape index (κ1) is 11.1. The van der Waals surface area contributed by atoms with Gasteiger partial charge in [0, 0.05) is 26.4 Å². The summed E-state index contributed by atoms with van der Waals surface area (Å²) in [5.41, 5.74) is 0. The molecule has 0 bridgehead atoms. The summed E-state index contributed by atoms with van der Waals surface area (Å²) < 4.78 is 10.3. The molecule has 1 aromatic rings. The maximum Gasteiger partial charge on any atom is 0.223 e. The molecule has 0 aromatic carbocycles. The monoisotopic (exact) mass is 223 g/mol. The number of aromatic nitrogens is 2. The van der Waals surface area contributed by atoms with Crippen LogP contribution in [0.4, 0.5) is 0 Å². The van der Waals surface area contributed by atoms with E-state index in [1.54, 1.807) is 13.2 Å². The summed E-state index contributed by atoms with van der Waals surface area (Å²) in [5, 5.41) is 7.16. The Bertz CT molecular complexity index is 349. The van der Waals surface area contributed by atoms with E-state index < -0.39 is 0 Å². The Morgan fingerprint density at radius 3 is 3.19 bits per heavy atom. The summed E-state index contributed by atoms with van der Waals surface area (Å²) in [6, 6.07) is 0. The van der Waals surface area contributed by atoms with Crippen molar-refractivity contribution in [3.63, 3.8) is 0 Å². The SMILES string of the molecule is Cc1nc(CCNCC2CCC=CO2)no1. The molecule has 2 rings (SSSR count).